The fourth-order valence-electron chi connectivity index (χ4n) is 5.92. The Bertz CT molecular complexity index is 2110. The zero-order valence-corrected chi connectivity index (χ0v) is 25.6. The molecule has 6 aromatic rings. The van der Waals surface area contributed by atoms with Gasteiger partial charge in [0.15, 0.2) is 0 Å². The van der Waals surface area contributed by atoms with Crippen molar-refractivity contribution in [2.24, 2.45) is 5.73 Å². The lowest BCUT2D eigenvalue weighted by molar-refractivity contribution is 0.0924. The summed E-state index contributed by atoms with van der Waals surface area (Å²) in [6.07, 6.45) is 5.26. The number of halogens is 1. The van der Waals surface area contributed by atoms with Crippen LogP contribution in [-0.2, 0) is 18.6 Å². The number of carbonyl (C=O) groups is 2. The number of hydrogen-bond acceptors (Lipinski definition) is 6. The van der Waals surface area contributed by atoms with E-state index in [4.69, 9.17) is 14.9 Å². The number of carbonyl (C=O) groups excluding carboxylic acids is 2. The summed E-state index contributed by atoms with van der Waals surface area (Å²) in [5.74, 6) is -0.434. The van der Waals surface area contributed by atoms with Crippen LogP contribution in [0.4, 0.5) is 4.39 Å². The molecule has 0 spiro atoms. The van der Waals surface area contributed by atoms with Crippen molar-refractivity contribution in [3.05, 3.63) is 149 Å². The molecule has 1 fully saturated rings. The van der Waals surface area contributed by atoms with Gasteiger partial charge in [-0.15, -0.1) is 0 Å². The summed E-state index contributed by atoms with van der Waals surface area (Å²) in [6, 6.07) is 26.5. The number of nitrogens with one attached hydrogen (secondary N) is 1. The number of furan rings is 1. The largest absolute Gasteiger partial charge is 0.486 e. The maximum absolute atomic E-state index is 14.0. The van der Waals surface area contributed by atoms with Crippen LogP contribution in [-0.4, -0.2) is 21.8 Å². The average Bonchev–Trinajstić information content (AvgIpc) is 3.77. The summed E-state index contributed by atoms with van der Waals surface area (Å²) in [7, 11) is 0. The SMILES string of the molecule is Cc1cc(OCc2ccccn2)c(C(=O)NC2(c3ccccn3)CC2)cc1-c1ccc2oc(Cc3ccc(F)cc3)c(C(N)=O)c2c1. The Morgan fingerprint density at radius 1 is 0.957 bits per heavy atom. The van der Waals surface area contributed by atoms with Crippen LogP contribution in [0.1, 0.15) is 61.8 Å². The molecular formula is C38H31FN4O4. The van der Waals surface area contributed by atoms with E-state index in [1.165, 1.54) is 12.1 Å². The molecule has 1 aliphatic carbocycles. The van der Waals surface area contributed by atoms with Crippen molar-refractivity contribution < 1.29 is 23.1 Å². The smallest absolute Gasteiger partial charge is 0.255 e. The maximum atomic E-state index is 14.0. The molecule has 1 saturated carbocycles. The first-order valence-corrected chi connectivity index (χ1v) is 15.3. The van der Waals surface area contributed by atoms with Crippen LogP contribution < -0.4 is 15.8 Å². The Hall–Kier alpha value is -5.83. The van der Waals surface area contributed by atoms with Crippen LogP contribution in [0.3, 0.4) is 0 Å². The van der Waals surface area contributed by atoms with Crippen LogP contribution in [0.15, 0.2) is 108 Å². The van der Waals surface area contributed by atoms with Gasteiger partial charge in [-0.3, -0.25) is 19.6 Å². The number of benzene rings is 3. The molecule has 9 heteroatoms. The van der Waals surface area contributed by atoms with Gasteiger partial charge in [-0.1, -0.05) is 30.3 Å². The number of fused-ring (bicyclic) bond motifs is 1. The summed E-state index contributed by atoms with van der Waals surface area (Å²) in [4.78, 5) is 35.6. The van der Waals surface area contributed by atoms with Crippen molar-refractivity contribution in [3.8, 4) is 16.9 Å². The first-order valence-electron chi connectivity index (χ1n) is 15.3. The number of rotatable bonds is 10. The van der Waals surface area contributed by atoms with Gasteiger partial charge in [0.25, 0.3) is 11.8 Å². The number of nitrogens with two attached hydrogens (primary N) is 1. The van der Waals surface area contributed by atoms with Crippen molar-refractivity contribution in [2.75, 3.05) is 0 Å². The summed E-state index contributed by atoms with van der Waals surface area (Å²) >= 11 is 0. The third-order valence-corrected chi connectivity index (χ3v) is 8.53. The van der Waals surface area contributed by atoms with Gasteiger partial charge in [-0.2, -0.15) is 0 Å². The van der Waals surface area contributed by atoms with Gasteiger partial charge in [-0.05, 0) is 103 Å². The van der Waals surface area contributed by atoms with Crippen molar-refractivity contribution in [3.63, 3.8) is 0 Å². The molecule has 1 aliphatic rings. The molecule has 7 rings (SSSR count). The summed E-state index contributed by atoms with van der Waals surface area (Å²) < 4.78 is 25.8. The van der Waals surface area contributed by atoms with E-state index in [0.29, 0.717) is 28.0 Å². The van der Waals surface area contributed by atoms with E-state index in [-0.39, 0.29) is 30.3 Å². The van der Waals surface area contributed by atoms with Crippen LogP contribution >= 0.6 is 0 Å². The van der Waals surface area contributed by atoms with E-state index in [1.54, 1.807) is 30.6 Å². The second-order valence-corrected chi connectivity index (χ2v) is 11.8. The molecule has 2 amide bonds. The van der Waals surface area contributed by atoms with Gasteiger partial charge in [0.1, 0.15) is 29.5 Å². The van der Waals surface area contributed by atoms with Gasteiger partial charge < -0.3 is 20.2 Å². The van der Waals surface area contributed by atoms with E-state index in [0.717, 1.165) is 46.5 Å². The molecule has 3 aromatic carbocycles. The molecule has 8 nitrogen and oxygen atoms in total. The normalized spacial score (nSPS) is 13.3. The Morgan fingerprint density at radius 2 is 1.72 bits per heavy atom. The fraction of sp³-hybridized carbons (Fsp3) is 0.158. The summed E-state index contributed by atoms with van der Waals surface area (Å²) in [5.41, 5.74) is 11.2. The number of primary amides is 1. The van der Waals surface area contributed by atoms with Gasteiger partial charge in [0, 0.05) is 24.2 Å². The molecule has 0 unspecified atom stereocenters. The van der Waals surface area contributed by atoms with Crippen molar-refractivity contribution in [2.45, 2.75) is 38.3 Å². The number of pyridine rings is 2. The molecule has 47 heavy (non-hydrogen) atoms. The predicted octanol–water partition coefficient (Wildman–Crippen LogP) is 7.03. The zero-order valence-electron chi connectivity index (χ0n) is 25.6. The molecule has 234 valence electrons. The van der Waals surface area contributed by atoms with E-state index in [2.05, 4.69) is 15.3 Å². The van der Waals surface area contributed by atoms with Crippen LogP contribution in [0.25, 0.3) is 22.1 Å². The van der Waals surface area contributed by atoms with Crippen molar-refractivity contribution >= 4 is 22.8 Å². The van der Waals surface area contributed by atoms with Gasteiger partial charge in [0.2, 0.25) is 0 Å². The van der Waals surface area contributed by atoms with Crippen LogP contribution in [0.2, 0.25) is 0 Å². The van der Waals surface area contributed by atoms with Gasteiger partial charge >= 0.3 is 0 Å². The number of hydrogen-bond donors (Lipinski definition) is 2. The second-order valence-electron chi connectivity index (χ2n) is 11.8. The van der Waals surface area contributed by atoms with Crippen molar-refractivity contribution in [1.29, 1.82) is 0 Å². The molecule has 0 aliphatic heterocycles. The number of amides is 2. The highest BCUT2D eigenvalue weighted by Gasteiger charge is 2.47. The molecule has 0 atom stereocenters. The minimum Gasteiger partial charge on any atom is -0.486 e. The third-order valence-electron chi connectivity index (χ3n) is 8.53. The number of ether oxygens (including phenoxy) is 1. The Balaban J connectivity index is 1.27. The van der Waals surface area contributed by atoms with E-state index < -0.39 is 11.4 Å². The maximum Gasteiger partial charge on any atom is 0.255 e. The highest BCUT2D eigenvalue weighted by Crippen LogP contribution is 2.45. The minimum absolute atomic E-state index is 0.186. The molecule has 0 radical (unpaired) electrons. The predicted molar refractivity (Wildman–Crippen MR) is 175 cm³/mol. The zero-order chi connectivity index (χ0) is 32.5. The monoisotopic (exact) mass is 626 g/mol. The lowest BCUT2D eigenvalue weighted by Gasteiger charge is -2.20. The van der Waals surface area contributed by atoms with Crippen LogP contribution in [0, 0.1) is 12.7 Å². The Morgan fingerprint density at radius 3 is 2.40 bits per heavy atom. The minimum atomic E-state index is -0.627. The molecule has 3 heterocycles. The first-order chi connectivity index (χ1) is 22.8. The first kappa shape index (κ1) is 29.9. The molecule has 3 aromatic heterocycles. The fourth-order valence-corrected chi connectivity index (χ4v) is 5.92. The van der Waals surface area contributed by atoms with Gasteiger partial charge in [0.05, 0.1) is 28.1 Å². The number of aromatic nitrogens is 2. The van der Waals surface area contributed by atoms with Gasteiger partial charge in [-0.25, -0.2) is 4.39 Å². The number of aryl methyl sites for hydroxylation is 1. The molecular weight excluding hydrogens is 595 g/mol. The number of nitrogens with zero attached hydrogens (tertiary/aromatic N) is 2. The molecule has 3 N–H and O–H groups in total. The van der Waals surface area contributed by atoms with Crippen LogP contribution in [0.5, 0.6) is 5.75 Å². The third kappa shape index (κ3) is 6.07. The average molecular weight is 627 g/mol. The summed E-state index contributed by atoms with van der Waals surface area (Å²) in [5, 5.41) is 3.78. The molecule has 0 saturated heterocycles. The Labute approximate surface area is 270 Å². The second kappa shape index (κ2) is 12.2. The lowest BCUT2D eigenvalue weighted by atomic mass is 9.95. The van der Waals surface area contributed by atoms with E-state index in [9.17, 15) is 14.0 Å². The highest BCUT2D eigenvalue weighted by molar-refractivity contribution is 6.08. The Kier molecular flexibility index (Phi) is 7.73. The highest BCUT2D eigenvalue weighted by atomic mass is 19.1. The lowest BCUT2D eigenvalue weighted by Crippen LogP contribution is -2.35. The quantitative estimate of drug-likeness (QED) is 0.169. The van der Waals surface area contributed by atoms with Crippen molar-refractivity contribution in [1.82, 2.24) is 15.3 Å². The topological polar surface area (TPSA) is 120 Å². The van der Waals surface area contributed by atoms with E-state index in [1.807, 2.05) is 67.6 Å². The standard InChI is InChI=1S/C38H31FN4O4/c1-23-18-32(46-22-27-6-2-4-16-41-27)30(37(45)43-38(14-15-38)34-7-3-5-17-42-34)21-28(23)25-10-13-31-29(20-25)35(36(40)44)33(47-31)19-24-8-11-26(39)12-9-24/h2-13,16-18,20-21H,14-15,19,22H2,1H3,(H2,40,44)(H,43,45). The summed E-state index contributed by atoms with van der Waals surface area (Å²) in [6.45, 7) is 2.13. The van der Waals surface area contributed by atoms with E-state index >= 15 is 0 Å². The molecule has 0 bridgehead atoms.